The van der Waals surface area contributed by atoms with Crippen molar-refractivity contribution < 1.29 is 4.79 Å². The second-order valence-corrected chi connectivity index (χ2v) is 4.41. The van der Waals surface area contributed by atoms with Crippen LogP contribution < -0.4 is 0 Å². The highest BCUT2D eigenvalue weighted by molar-refractivity contribution is 6.12. The molecule has 0 saturated carbocycles. The van der Waals surface area contributed by atoms with Crippen LogP contribution in [0.5, 0.6) is 0 Å². The van der Waals surface area contributed by atoms with Crippen molar-refractivity contribution in [2.75, 3.05) is 0 Å². The number of Topliss-reactive ketones (excluding diaryl/α,β-unsaturated/α-hetero) is 1. The number of aromatic nitrogens is 3. The molecule has 0 N–H and O–H groups in total. The van der Waals surface area contributed by atoms with Gasteiger partial charge in [-0.15, -0.1) is 0 Å². The maximum absolute atomic E-state index is 12.3. The Morgan fingerprint density at radius 3 is 3.00 bits per heavy atom. The smallest absolute Gasteiger partial charge is 0.192 e. The molecule has 1 aliphatic rings. The lowest BCUT2D eigenvalue weighted by atomic mass is 9.90. The van der Waals surface area contributed by atoms with Crippen LogP contribution in [0.4, 0.5) is 0 Å². The summed E-state index contributed by atoms with van der Waals surface area (Å²) in [6.07, 6.45) is 8.70. The standard InChI is InChI=1S/C14H13N3O/c1-17-13-5-4-11(14(18)12(13)9-16-17)7-10-3-2-6-15-8-10/h2-3,6-9H,4-5H2,1H3/b11-7-. The van der Waals surface area contributed by atoms with Crippen LogP contribution in [-0.4, -0.2) is 20.5 Å². The number of rotatable bonds is 1. The Kier molecular flexibility index (Phi) is 2.55. The van der Waals surface area contributed by atoms with E-state index >= 15 is 0 Å². The van der Waals surface area contributed by atoms with Crippen LogP contribution in [0, 0.1) is 0 Å². The van der Waals surface area contributed by atoms with Gasteiger partial charge in [0.25, 0.3) is 0 Å². The summed E-state index contributed by atoms with van der Waals surface area (Å²) in [5, 5.41) is 4.15. The van der Waals surface area contributed by atoms with E-state index in [2.05, 4.69) is 10.1 Å². The quantitative estimate of drug-likeness (QED) is 0.715. The lowest BCUT2D eigenvalue weighted by Gasteiger charge is -2.14. The van der Waals surface area contributed by atoms with Crippen LogP contribution in [0.25, 0.3) is 6.08 Å². The average Bonchev–Trinajstić information content (AvgIpc) is 2.77. The first kappa shape index (κ1) is 10.9. The first-order valence-corrected chi connectivity index (χ1v) is 5.92. The van der Waals surface area contributed by atoms with Crippen molar-refractivity contribution in [1.82, 2.24) is 14.8 Å². The SMILES string of the molecule is Cn1ncc2c1CC/C(=C/c1cccnc1)C2=O. The summed E-state index contributed by atoms with van der Waals surface area (Å²) < 4.78 is 1.79. The van der Waals surface area contributed by atoms with Crippen LogP contribution >= 0.6 is 0 Å². The molecule has 0 saturated heterocycles. The second-order valence-electron chi connectivity index (χ2n) is 4.41. The number of ketones is 1. The normalized spacial score (nSPS) is 16.9. The Balaban J connectivity index is 1.98. The summed E-state index contributed by atoms with van der Waals surface area (Å²) in [7, 11) is 1.88. The minimum Gasteiger partial charge on any atom is -0.289 e. The topological polar surface area (TPSA) is 47.8 Å². The molecule has 0 atom stereocenters. The molecule has 0 fully saturated rings. The minimum atomic E-state index is 0.0909. The molecule has 0 aromatic carbocycles. The molecule has 0 amide bonds. The number of carbonyl (C=O) groups is 1. The fraction of sp³-hybridized carbons (Fsp3) is 0.214. The van der Waals surface area contributed by atoms with Crippen molar-refractivity contribution >= 4 is 11.9 Å². The Morgan fingerprint density at radius 2 is 2.22 bits per heavy atom. The highest BCUT2D eigenvalue weighted by Crippen LogP contribution is 2.25. The molecular formula is C14H13N3O. The summed E-state index contributed by atoms with van der Waals surface area (Å²) in [6.45, 7) is 0. The van der Waals surface area contributed by atoms with Crippen molar-refractivity contribution in [2.45, 2.75) is 12.8 Å². The van der Waals surface area contributed by atoms with Gasteiger partial charge in [0.1, 0.15) is 0 Å². The lowest BCUT2D eigenvalue weighted by Crippen LogP contribution is -2.14. The van der Waals surface area contributed by atoms with Gasteiger partial charge in [0.2, 0.25) is 0 Å². The van der Waals surface area contributed by atoms with Gasteiger partial charge < -0.3 is 0 Å². The fourth-order valence-corrected chi connectivity index (χ4v) is 2.29. The fourth-order valence-electron chi connectivity index (χ4n) is 2.29. The molecule has 0 unspecified atom stereocenters. The van der Waals surface area contributed by atoms with E-state index < -0.39 is 0 Å². The highest BCUT2D eigenvalue weighted by Gasteiger charge is 2.24. The van der Waals surface area contributed by atoms with Crippen molar-refractivity contribution in [3.8, 4) is 0 Å². The maximum atomic E-state index is 12.3. The largest absolute Gasteiger partial charge is 0.289 e. The van der Waals surface area contributed by atoms with Gasteiger partial charge in [0.15, 0.2) is 5.78 Å². The molecule has 2 aromatic rings. The van der Waals surface area contributed by atoms with Gasteiger partial charge in [-0.05, 0) is 30.5 Å². The highest BCUT2D eigenvalue weighted by atomic mass is 16.1. The number of hydrogen-bond donors (Lipinski definition) is 0. The average molecular weight is 239 g/mol. The minimum absolute atomic E-state index is 0.0909. The summed E-state index contributed by atoms with van der Waals surface area (Å²) in [6, 6.07) is 3.82. The molecule has 90 valence electrons. The maximum Gasteiger partial charge on any atom is 0.192 e. The Labute approximate surface area is 105 Å². The molecular weight excluding hydrogens is 226 g/mol. The van der Waals surface area contributed by atoms with Crippen LogP contribution in [0.1, 0.15) is 28.0 Å². The van der Waals surface area contributed by atoms with Gasteiger partial charge in [-0.2, -0.15) is 5.10 Å². The summed E-state index contributed by atoms with van der Waals surface area (Å²) >= 11 is 0. The molecule has 3 rings (SSSR count). The van der Waals surface area contributed by atoms with E-state index in [-0.39, 0.29) is 5.78 Å². The van der Waals surface area contributed by atoms with Crippen LogP contribution in [0.15, 0.2) is 36.3 Å². The molecule has 4 nitrogen and oxygen atoms in total. The predicted octanol–water partition coefficient (Wildman–Crippen LogP) is 2.03. The zero-order valence-corrected chi connectivity index (χ0v) is 10.1. The van der Waals surface area contributed by atoms with Gasteiger partial charge in [0, 0.05) is 30.7 Å². The van der Waals surface area contributed by atoms with Crippen LogP contribution in [0.2, 0.25) is 0 Å². The first-order chi connectivity index (χ1) is 8.75. The molecule has 0 aliphatic heterocycles. The Hall–Kier alpha value is -2.23. The van der Waals surface area contributed by atoms with E-state index in [4.69, 9.17) is 0 Å². The number of hydrogen-bond acceptors (Lipinski definition) is 3. The van der Waals surface area contributed by atoms with E-state index in [0.29, 0.717) is 0 Å². The van der Waals surface area contributed by atoms with Gasteiger partial charge in [-0.25, -0.2) is 0 Å². The van der Waals surface area contributed by atoms with Gasteiger partial charge >= 0.3 is 0 Å². The monoisotopic (exact) mass is 239 g/mol. The summed E-state index contributed by atoms with van der Waals surface area (Å²) in [5.41, 5.74) is 3.57. The molecule has 0 bridgehead atoms. The van der Waals surface area contributed by atoms with Gasteiger partial charge in [0.05, 0.1) is 11.8 Å². The van der Waals surface area contributed by atoms with E-state index in [1.54, 1.807) is 23.3 Å². The molecule has 18 heavy (non-hydrogen) atoms. The lowest BCUT2D eigenvalue weighted by molar-refractivity contribution is 0.102. The number of fused-ring (bicyclic) bond motifs is 1. The van der Waals surface area contributed by atoms with Crippen molar-refractivity contribution in [2.24, 2.45) is 7.05 Å². The summed E-state index contributed by atoms with van der Waals surface area (Å²) in [4.78, 5) is 16.3. The third-order valence-corrected chi connectivity index (χ3v) is 3.25. The Bertz CT molecular complexity index is 626. The van der Waals surface area contributed by atoms with Gasteiger partial charge in [-0.3, -0.25) is 14.5 Å². The third-order valence-electron chi connectivity index (χ3n) is 3.25. The number of aryl methyl sites for hydroxylation is 1. The van der Waals surface area contributed by atoms with E-state index in [1.807, 2.05) is 25.3 Å². The van der Waals surface area contributed by atoms with E-state index in [1.165, 1.54) is 0 Å². The van der Waals surface area contributed by atoms with Crippen LogP contribution in [-0.2, 0) is 13.5 Å². The zero-order valence-electron chi connectivity index (χ0n) is 10.1. The predicted molar refractivity (Wildman–Crippen MR) is 68.1 cm³/mol. The van der Waals surface area contributed by atoms with Crippen molar-refractivity contribution in [3.63, 3.8) is 0 Å². The number of carbonyl (C=O) groups excluding carboxylic acids is 1. The van der Waals surface area contributed by atoms with Gasteiger partial charge in [-0.1, -0.05) is 6.07 Å². The molecule has 2 aromatic heterocycles. The molecule has 0 spiro atoms. The molecule has 1 aliphatic carbocycles. The molecule has 4 heteroatoms. The van der Waals surface area contributed by atoms with E-state index in [0.717, 1.165) is 35.2 Å². The van der Waals surface area contributed by atoms with E-state index in [9.17, 15) is 4.79 Å². The zero-order chi connectivity index (χ0) is 12.5. The summed E-state index contributed by atoms with van der Waals surface area (Å²) in [5.74, 6) is 0.0909. The molecule has 2 heterocycles. The second kappa shape index (κ2) is 4.22. The van der Waals surface area contributed by atoms with Crippen molar-refractivity contribution in [3.05, 3.63) is 53.1 Å². The third kappa shape index (κ3) is 1.76. The number of nitrogens with zero attached hydrogens (tertiary/aromatic N) is 3. The van der Waals surface area contributed by atoms with Crippen molar-refractivity contribution in [1.29, 1.82) is 0 Å². The Morgan fingerprint density at radius 1 is 1.33 bits per heavy atom. The molecule has 0 radical (unpaired) electrons. The first-order valence-electron chi connectivity index (χ1n) is 5.92. The number of pyridine rings is 1. The van der Waals surface area contributed by atoms with Crippen LogP contribution in [0.3, 0.4) is 0 Å². The number of allylic oxidation sites excluding steroid dienone is 1.